The molecule has 6 heteroatoms. The topological polar surface area (TPSA) is 74.2 Å². The maximum absolute atomic E-state index is 5.70. The summed E-state index contributed by atoms with van der Waals surface area (Å²) < 4.78 is 10.9. The Bertz CT molecular complexity index is 720. The Balaban J connectivity index is 1.65. The first kappa shape index (κ1) is 12.9. The Morgan fingerprint density at radius 2 is 2.20 bits per heavy atom. The molecule has 104 valence electrons. The highest BCUT2D eigenvalue weighted by Crippen LogP contribution is 2.22. The van der Waals surface area contributed by atoms with Crippen LogP contribution in [0.15, 0.2) is 28.0 Å². The largest absolute Gasteiger partial charge is 0.497 e. The number of hydrogen-bond acceptors (Lipinski definition) is 6. The molecular formula is C14H15N3O2S. The quantitative estimate of drug-likeness (QED) is 0.781. The highest BCUT2D eigenvalue weighted by Gasteiger charge is 2.07. The van der Waals surface area contributed by atoms with Gasteiger partial charge in [-0.3, -0.25) is 0 Å². The second-order valence-electron chi connectivity index (χ2n) is 4.47. The molecule has 0 atom stereocenters. The first-order valence-corrected chi connectivity index (χ1v) is 7.26. The molecule has 0 unspecified atom stereocenters. The van der Waals surface area contributed by atoms with E-state index in [2.05, 4.69) is 9.97 Å². The minimum Gasteiger partial charge on any atom is -0.497 e. The van der Waals surface area contributed by atoms with Crippen molar-refractivity contribution in [2.75, 3.05) is 12.8 Å². The van der Waals surface area contributed by atoms with Crippen molar-refractivity contribution in [1.82, 2.24) is 9.97 Å². The van der Waals surface area contributed by atoms with Crippen molar-refractivity contribution in [2.24, 2.45) is 0 Å². The van der Waals surface area contributed by atoms with Gasteiger partial charge >= 0.3 is 0 Å². The number of methoxy groups -OCH3 is 1. The molecule has 0 bridgehead atoms. The van der Waals surface area contributed by atoms with E-state index >= 15 is 0 Å². The van der Waals surface area contributed by atoms with Gasteiger partial charge in [0.2, 0.25) is 0 Å². The monoisotopic (exact) mass is 289 g/mol. The predicted molar refractivity (Wildman–Crippen MR) is 79.1 cm³/mol. The lowest BCUT2D eigenvalue weighted by Gasteiger charge is -1.95. The van der Waals surface area contributed by atoms with Gasteiger partial charge < -0.3 is 14.9 Å². The van der Waals surface area contributed by atoms with Gasteiger partial charge in [0.05, 0.1) is 12.8 Å². The highest BCUT2D eigenvalue weighted by atomic mass is 32.1. The summed E-state index contributed by atoms with van der Waals surface area (Å²) in [6, 6.07) is 5.63. The second-order valence-corrected chi connectivity index (χ2v) is 5.36. The van der Waals surface area contributed by atoms with Gasteiger partial charge in [-0.15, -0.1) is 11.3 Å². The van der Waals surface area contributed by atoms with E-state index in [0.29, 0.717) is 5.13 Å². The zero-order chi connectivity index (χ0) is 13.9. The van der Waals surface area contributed by atoms with E-state index in [1.54, 1.807) is 7.11 Å². The zero-order valence-electron chi connectivity index (χ0n) is 11.1. The number of ether oxygens (including phenoxy) is 1. The van der Waals surface area contributed by atoms with Crippen LogP contribution in [0.2, 0.25) is 0 Å². The Kier molecular flexibility index (Phi) is 3.56. The molecule has 0 aliphatic rings. The number of hydrogen-bond donors (Lipinski definition) is 1. The molecule has 2 N–H and O–H groups in total. The molecule has 2 aromatic heterocycles. The summed E-state index contributed by atoms with van der Waals surface area (Å²) >= 11 is 1.47. The lowest BCUT2D eigenvalue weighted by molar-refractivity contribution is 0.415. The molecule has 0 fully saturated rings. The van der Waals surface area contributed by atoms with Crippen LogP contribution in [0.4, 0.5) is 5.13 Å². The zero-order valence-corrected chi connectivity index (χ0v) is 11.9. The Morgan fingerprint density at radius 3 is 2.95 bits per heavy atom. The van der Waals surface area contributed by atoms with Gasteiger partial charge in [-0.1, -0.05) is 0 Å². The van der Waals surface area contributed by atoms with E-state index in [4.69, 9.17) is 14.9 Å². The van der Waals surface area contributed by atoms with Crippen LogP contribution in [0.25, 0.3) is 11.1 Å². The summed E-state index contributed by atoms with van der Waals surface area (Å²) in [4.78, 5) is 8.70. The molecule has 1 aromatic carbocycles. The molecule has 3 aromatic rings. The first-order chi connectivity index (χ1) is 9.74. The lowest BCUT2D eigenvalue weighted by atomic mass is 10.2. The number of nitrogen functional groups attached to an aromatic ring is 1. The summed E-state index contributed by atoms with van der Waals surface area (Å²) in [7, 11) is 1.64. The first-order valence-electron chi connectivity index (χ1n) is 6.38. The van der Waals surface area contributed by atoms with E-state index in [1.165, 1.54) is 11.3 Å². The number of oxazole rings is 1. The third kappa shape index (κ3) is 2.75. The SMILES string of the molecule is COc1ccc2oc(CCCc3csc(N)n3)nc2c1. The molecule has 5 nitrogen and oxygen atoms in total. The standard InChI is InChI=1S/C14H15N3O2S/c1-18-10-5-6-12-11(7-10)17-13(19-12)4-2-3-9-8-20-14(15)16-9/h5-8H,2-4H2,1H3,(H2,15,16). The molecule has 0 saturated carbocycles. The van der Waals surface area contributed by atoms with Gasteiger partial charge in [0.25, 0.3) is 0 Å². The average molecular weight is 289 g/mol. The van der Waals surface area contributed by atoms with Crippen LogP contribution in [0.3, 0.4) is 0 Å². The number of anilines is 1. The fourth-order valence-electron chi connectivity index (χ4n) is 2.05. The number of nitrogens with two attached hydrogens (primary N) is 1. The third-order valence-electron chi connectivity index (χ3n) is 3.03. The van der Waals surface area contributed by atoms with E-state index in [0.717, 1.165) is 47.7 Å². The normalized spacial score (nSPS) is 11.1. The maximum atomic E-state index is 5.70. The van der Waals surface area contributed by atoms with Crippen LogP contribution in [0.5, 0.6) is 5.75 Å². The summed E-state index contributed by atoms with van der Waals surface area (Å²) in [6.45, 7) is 0. The molecule has 3 rings (SSSR count). The summed E-state index contributed by atoms with van der Waals surface area (Å²) in [6.07, 6.45) is 2.61. The molecular weight excluding hydrogens is 274 g/mol. The van der Waals surface area contributed by atoms with Gasteiger partial charge in [-0.05, 0) is 25.0 Å². The van der Waals surface area contributed by atoms with Crippen molar-refractivity contribution in [2.45, 2.75) is 19.3 Å². The maximum Gasteiger partial charge on any atom is 0.195 e. The van der Waals surface area contributed by atoms with E-state index in [1.807, 2.05) is 23.6 Å². The number of aryl methyl sites for hydroxylation is 2. The molecule has 0 spiro atoms. The molecule has 0 radical (unpaired) electrons. The molecule has 2 heterocycles. The van der Waals surface area contributed by atoms with Crippen LogP contribution >= 0.6 is 11.3 Å². The van der Waals surface area contributed by atoms with Crippen LogP contribution < -0.4 is 10.5 Å². The van der Waals surface area contributed by atoms with Crippen molar-refractivity contribution >= 4 is 27.6 Å². The minimum atomic E-state index is 0.619. The molecule has 0 aliphatic heterocycles. The predicted octanol–water partition coefficient (Wildman–Crippen LogP) is 3.05. The molecule has 20 heavy (non-hydrogen) atoms. The Labute approximate surface area is 120 Å². The van der Waals surface area contributed by atoms with Crippen LogP contribution in [-0.4, -0.2) is 17.1 Å². The van der Waals surface area contributed by atoms with Gasteiger partial charge in [0.1, 0.15) is 11.3 Å². The summed E-state index contributed by atoms with van der Waals surface area (Å²) in [5, 5.41) is 2.61. The van der Waals surface area contributed by atoms with Crippen molar-refractivity contribution in [3.05, 3.63) is 35.2 Å². The van der Waals surface area contributed by atoms with Crippen molar-refractivity contribution in [3.8, 4) is 5.75 Å². The Hall–Kier alpha value is -2.08. The van der Waals surface area contributed by atoms with Crippen LogP contribution in [0, 0.1) is 0 Å². The highest BCUT2D eigenvalue weighted by molar-refractivity contribution is 7.13. The molecule has 0 amide bonds. The van der Waals surface area contributed by atoms with Crippen molar-refractivity contribution in [3.63, 3.8) is 0 Å². The number of nitrogens with zero attached hydrogens (tertiary/aromatic N) is 2. The van der Waals surface area contributed by atoms with E-state index in [-0.39, 0.29) is 0 Å². The van der Waals surface area contributed by atoms with E-state index < -0.39 is 0 Å². The van der Waals surface area contributed by atoms with Gasteiger partial charge in [0.15, 0.2) is 16.6 Å². The van der Waals surface area contributed by atoms with Crippen LogP contribution in [0.1, 0.15) is 18.0 Å². The second kappa shape index (κ2) is 5.50. The third-order valence-corrected chi connectivity index (χ3v) is 3.75. The number of benzene rings is 1. The molecule has 0 saturated heterocycles. The number of thiazole rings is 1. The number of aromatic nitrogens is 2. The van der Waals surface area contributed by atoms with Crippen molar-refractivity contribution in [1.29, 1.82) is 0 Å². The van der Waals surface area contributed by atoms with Crippen LogP contribution in [-0.2, 0) is 12.8 Å². The summed E-state index contributed by atoms with van der Waals surface area (Å²) in [5.74, 6) is 1.53. The fourth-order valence-corrected chi connectivity index (χ4v) is 2.64. The van der Waals surface area contributed by atoms with Crippen molar-refractivity contribution < 1.29 is 9.15 Å². The van der Waals surface area contributed by atoms with E-state index in [9.17, 15) is 0 Å². The number of fused-ring (bicyclic) bond motifs is 1. The van der Waals surface area contributed by atoms with Gasteiger partial charge in [-0.2, -0.15) is 0 Å². The fraction of sp³-hybridized carbons (Fsp3) is 0.286. The minimum absolute atomic E-state index is 0.619. The smallest absolute Gasteiger partial charge is 0.195 e. The van der Waals surface area contributed by atoms with Gasteiger partial charge in [0, 0.05) is 17.9 Å². The summed E-state index contributed by atoms with van der Waals surface area (Å²) in [5.41, 5.74) is 8.26. The number of rotatable bonds is 5. The lowest BCUT2D eigenvalue weighted by Crippen LogP contribution is -1.91. The average Bonchev–Trinajstić information content (AvgIpc) is 3.03. The molecule has 0 aliphatic carbocycles. The Morgan fingerprint density at radius 1 is 1.30 bits per heavy atom. The van der Waals surface area contributed by atoms with Gasteiger partial charge in [-0.25, -0.2) is 9.97 Å².